The topological polar surface area (TPSA) is 26.0 Å². The van der Waals surface area contributed by atoms with Gasteiger partial charge in [-0.2, -0.15) is 0 Å². The Labute approximate surface area is 64.0 Å². The summed E-state index contributed by atoms with van der Waals surface area (Å²) < 4.78 is 0. The average molecular weight is 141 g/mol. The summed E-state index contributed by atoms with van der Waals surface area (Å²) in [7, 11) is 0. The smallest absolute Gasteiger partial charge is 0.00746 e. The van der Waals surface area contributed by atoms with Gasteiger partial charge in [0.25, 0.3) is 0 Å². The van der Waals surface area contributed by atoms with Gasteiger partial charge in [0.1, 0.15) is 0 Å². The highest BCUT2D eigenvalue weighted by Gasteiger charge is 2.17. The van der Waals surface area contributed by atoms with Crippen LogP contribution in [0.3, 0.4) is 0 Å². The van der Waals surface area contributed by atoms with Gasteiger partial charge in [-0.3, -0.25) is 0 Å². The number of rotatable bonds is 2. The van der Waals surface area contributed by atoms with Gasteiger partial charge in [-0.25, -0.2) is 0 Å². The van der Waals surface area contributed by atoms with Gasteiger partial charge in [0, 0.05) is 0 Å². The molecule has 1 heteroatoms. The van der Waals surface area contributed by atoms with Gasteiger partial charge >= 0.3 is 0 Å². The molecule has 1 saturated carbocycles. The zero-order valence-electron chi connectivity index (χ0n) is 6.97. The lowest BCUT2D eigenvalue weighted by Gasteiger charge is -2.25. The molecule has 0 bridgehead atoms. The van der Waals surface area contributed by atoms with Crippen molar-refractivity contribution < 1.29 is 0 Å². The van der Waals surface area contributed by atoms with Crippen molar-refractivity contribution in [1.82, 2.24) is 0 Å². The fraction of sp³-hybridized carbons (Fsp3) is 1.00. The maximum absolute atomic E-state index is 5.50. The van der Waals surface area contributed by atoms with Gasteiger partial charge in [0.05, 0.1) is 0 Å². The molecule has 60 valence electrons. The first-order valence-electron chi connectivity index (χ1n) is 4.53. The van der Waals surface area contributed by atoms with E-state index in [9.17, 15) is 0 Å². The van der Waals surface area contributed by atoms with Crippen molar-refractivity contribution in [2.75, 3.05) is 6.54 Å². The molecule has 1 rings (SSSR count). The number of hydrogen-bond donors (Lipinski definition) is 1. The molecular formula is C9H19N. The van der Waals surface area contributed by atoms with E-state index >= 15 is 0 Å². The van der Waals surface area contributed by atoms with Crippen molar-refractivity contribution in [3.05, 3.63) is 0 Å². The molecule has 0 amide bonds. The minimum atomic E-state index is 0.886. The van der Waals surface area contributed by atoms with Crippen molar-refractivity contribution in [2.45, 2.75) is 39.0 Å². The predicted octanol–water partition coefficient (Wildman–Crippen LogP) is 2.16. The van der Waals surface area contributed by atoms with E-state index in [4.69, 9.17) is 5.73 Å². The van der Waals surface area contributed by atoms with Crippen molar-refractivity contribution in [2.24, 2.45) is 17.6 Å². The Balaban J connectivity index is 2.18. The Kier molecular flexibility index (Phi) is 3.20. The van der Waals surface area contributed by atoms with Crippen LogP contribution in [-0.4, -0.2) is 6.54 Å². The summed E-state index contributed by atoms with van der Waals surface area (Å²) in [6, 6.07) is 0. The van der Waals surface area contributed by atoms with Crippen LogP contribution in [0.4, 0.5) is 0 Å². The Morgan fingerprint density at radius 1 is 1.40 bits per heavy atom. The molecule has 0 saturated heterocycles. The third-order valence-corrected chi connectivity index (χ3v) is 2.62. The molecule has 0 aliphatic heterocycles. The molecular weight excluding hydrogens is 122 g/mol. The normalized spacial score (nSPS) is 34.2. The molecule has 1 unspecified atom stereocenters. The monoisotopic (exact) mass is 141 g/mol. The molecule has 2 N–H and O–H groups in total. The second-order valence-corrected chi connectivity index (χ2v) is 3.72. The van der Waals surface area contributed by atoms with E-state index in [0.717, 1.165) is 18.4 Å². The predicted molar refractivity (Wildman–Crippen MR) is 44.8 cm³/mol. The fourth-order valence-corrected chi connectivity index (χ4v) is 2.06. The average Bonchev–Trinajstić information content (AvgIpc) is 1.88. The molecule has 0 aromatic heterocycles. The Morgan fingerprint density at radius 3 is 2.80 bits per heavy atom. The maximum atomic E-state index is 5.50. The van der Waals surface area contributed by atoms with Crippen LogP contribution in [0.15, 0.2) is 0 Å². The summed E-state index contributed by atoms with van der Waals surface area (Å²) in [6.07, 6.45) is 7.00. The summed E-state index contributed by atoms with van der Waals surface area (Å²) in [5, 5.41) is 0. The lowest BCUT2D eigenvalue weighted by Crippen LogP contribution is -2.16. The maximum Gasteiger partial charge on any atom is -0.00746 e. The highest BCUT2D eigenvalue weighted by Crippen LogP contribution is 2.29. The molecule has 0 aromatic rings. The largest absolute Gasteiger partial charge is 0.330 e. The van der Waals surface area contributed by atoms with Crippen LogP contribution < -0.4 is 5.73 Å². The first-order valence-corrected chi connectivity index (χ1v) is 4.53. The molecule has 0 aromatic carbocycles. The van der Waals surface area contributed by atoms with E-state index in [2.05, 4.69) is 6.92 Å². The molecule has 0 radical (unpaired) electrons. The minimum Gasteiger partial charge on any atom is -0.330 e. The van der Waals surface area contributed by atoms with E-state index in [0.29, 0.717) is 0 Å². The Morgan fingerprint density at radius 2 is 2.20 bits per heavy atom. The third-order valence-electron chi connectivity index (χ3n) is 2.62. The van der Waals surface area contributed by atoms with Gasteiger partial charge in [-0.15, -0.1) is 0 Å². The lowest BCUT2D eigenvalue weighted by atomic mass is 9.81. The summed E-state index contributed by atoms with van der Waals surface area (Å²) in [6.45, 7) is 3.25. The van der Waals surface area contributed by atoms with Crippen molar-refractivity contribution in [1.29, 1.82) is 0 Å². The third kappa shape index (κ3) is 2.30. The molecule has 1 fully saturated rings. The SMILES string of the molecule is C[C@@H]1CCCC(CCN)C1. The summed E-state index contributed by atoms with van der Waals surface area (Å²) in [5.41, 5.74) is 5.50. The molecule has 1 aliphatic rings. The van der Waals surface area contributed by atoms with Crippen LogP contribution in [0.2, 0.25) is 0 Å². The van der Waals surface area contributed by atoms with E-state index in [1.165, 1.54) is 32.1 Å². The van der Waals surface area contributed by atoms with E-state index in [1.54, 1.807) is 0 Å². The molecule has 1 nitrogen and oxygen atoms in total. The van der Waals surface area contributed by atoms with E-state index in [-0.39, 0.29) is 0 Å². The standard InChI is InChI=1S/C9H19N/c1-8-3-2-4-9(7-8)5-6-10/h8-9H,2-7,10H2,1H3/t8-,9?/m1/s1. The van der Waals surface area contributed by atoms with Gasteiger partial charge in [0.15, 0.2) is 0 Å². The molecule has 0 spiro atoms. The number of nitrogens with two attached hydrogens (primary N) is 1. The first kappa shape index (κ1) is 8.06. The first-order chi connectivity index (χ1) is 4.83. The Bertz CT molecular complexity index is 88.7. The highest BCUT2D eigenvalue weighted by molar-refractivity contribution is 4.70. The number of hydrogen-bond acceptors (Lipinski definition) is 1. The van der Waals surface area contributed by atoms with Gasteiger partial charge in [0.2, 0.25) is 0 Å². The fourth-order valence-electron chi connectivity index (χ4n) is 2.06. The highest BCUT2D eigenvalue weighted by atomic mass is 14.5. The van der Waals surface area contributed by atoms with E-state index < -0.39 is 0 Å². The molecule has 2 atom stereocenters. The van der Waals surface area contributed by atoms with Crippen molar-refractivity contribution >= 4 is 0 Å². The molecule has 10 heavy (non-hydrogen) atoms. The molecule has 0 heterocycles. The molecule has 1 aliphatic carbocycles. The van der Waals surface area contributed by atoms with Gasteiger partial charge < -0.3 is 5.73 Å². The Hall–Kier alpha value is -0.0400. The van der Waals surface area contributed by atoms with E-state index in [1.807, 2.05) is 0 Å². The van der Waals surface area contributed by atoms with Crippen molar-refractivity contribution in [3.8, 4) is 0 Å². The lowest BCUT2D eigenvalue weighted by molar-refractivity contribution is 0.272. The summed E-state index contributed by atoms with van der Waals surface area (Å²) in [5.74, 6) is 1.92. The van der Waals surface area contributed by atoms with Crippen LogP contribution in [0.1, 0.15) is 39.0 Å². The van der Waals surface area contributed by atoms with Crippen molar-refractivity contribution in [3.63, 3.8) is 0 Å². The summed E-state index contributed by atoms with van der Waals surface area (Å²) >= 11 is 0. The van der Waals surface area contributed by atoms with Crippen LogP contribution in [0.25, 0.3) is 0 Å². The second kappa shape index (κ2) is 3.97. The quantitative estimate of drug-likeness (QED) is 0.626. The summed E-state index contributed by atoms with van der Waals surface area (Å²) in [4.78, 5) is 0. The van der Waals surface area contributed by atoms with Gasteiger partial charge in [-0.05, 0) is 31.2 Å². The van der Waals surface area contributed by atoms with Gasteiger partial charge in [-0.1, -0.05) is 26.2 Å². The van der Waals surface area contributed by atoms with Crippen LogP contribution in [-0.2, 0) is 0 Å². The van der Waals surface area contributed by atoms with Crippen LogP contribution >= 0.6 is 0 Å². The second-order valence-electron chi connectivity index (χ2n) is 3.72. The minimum absolute atomic E-state index is 0.886. The zero-order valence-corrected chi connectivity index (χ0v) is 6.97. The zero-order chi connectivity index (χ0) is 7.40. The van der Waals surface area contributed by atoms with Crippen LogP contribution in [0.5, 0.6) is 0 Å². The van der Waals surface area contributed by atoms with Crippen LogP contribution in [0, 0.1) is 11.8 Å².